The van der Waals surface area contributed by atoms with Gasteiger partial charge in [0.25, 0.3) is 5.91 Å². The number of hydrogen-bond donors (Lipinski definition) is 0. The van der Waals surface area contributed by atoms with Crippen LogP contribution < -0.4 is 4.74 Å². The molecule has 3 fully saturated rings. The average molecular weight is 440 g/mol. The van der Waals surface area contributed by atoms with Gasteiger partial charge in [-0.15, -0.1) is 0 Å². The SMILES string of the molecule is O=C(c1cccc(F)c1-c1ncccn1)N1CC2CCC1C(Oc1ncc(Cl)cn1)C2. The van der Waals surface area contributed by atoms with E-state index in [-0.39, 0.29) is 41.0 Å². The highest BCUT2D eigenvalue weighted by molar-refractivity contribution is 6.30. The molecule has 3 aliphatic rings. The van der Waals surface area contributed by atoms with E-state index in [0.29, 0.717) is 17.5 Å². The third kappa shape index (κ3) is 3.83. The summed E-state index contributed by atoms with van der Waals surface area (Å²) in [6.45, 7) is 0.608. The summed E-state index contributed by atoms with van der Waals surface area (Å²) in [6.07, 6.45) is 8.43. The van der Waals surface area contributed by atoms with Crippen molar-refractivity contribution < 1.29 is 13.9 Å². The van der Waals surface area contributed by atoms with E-state index in [1.165, 1.54) is 36.9 Å². The van der Waals surface area contributed by atoms with Crippen molar-refractivity contribution in [3.8, 4) is 17.4 Å². The van der Waals surface area contributed by atoms with Crippen LogP contribution in [0.1, 0.15) is 29.6 Å². The lowest BCUT2D eigenvalue weighted by Crippen LogP contribution is -2.59. The Bertz CT molecular complexity index is 1100. The summed E-state index contributed by atoms with van der Waals surface area (Å²) < 4.78 is 20.8. The molecule has 0 N–H and O–H groups in total. The number of benzene rings is 1. The number of piperidine rings is 2. The summed E-state index contributed by atoms with van der Waals surface area (Å²) in [5.41, 5.74) is 0.369. The molecule has 0 spiro atoms. The van der Waals surface area contributed by atoms with Crippen molar-refractivity contribution in [2.45, 2.75) is 31.4 Å². The monoisotopic (exact) mass is 439 g/mol. The zero-order valence-electron chi connectivity index (χ0n) is 16.5. The summed E-state index contributed by atoms with van der Waals surface area (Å²) in [5, 5.41) is 0.427. The maximum absolute atomic E-state index is 14.7. The number of nitrogens with zero attached hydrogens (tertiary/aromatic N) is 5. The number of carbonyl (C=O) groups is 1. The van der Waals surface area contributed by atoms with Crippen LogP contribution >= 0.6 is 11.6 Å². The van der Waals surface area contributed by atoms with E-state index in [2.05, 4.69) is 19.9 Å². The average Bonchev–Trinajstić information content (AvgIpc) is 2.81. The van der Waals surface area contributed by atoms with Crippen LogP contribution in [0, 0.1) is 11.7 Å². The molecule has 1 aromatic carbocycles. The van der Waals surface area contributed by atoms with E-state index in [9.17, 15) is 9.18 Å². The maximum Gasteiger partial charge on any atom is 0.316 e. The van der Waals surface area contributed by atoms with Crippen LogP contribution in [0.25, 0.3) is 11.4 Å². The molecule has 2 aliphatic heterocycles. The number of fused-ring (bicyclic) bond motifs is 3. The Morgan fingerprint density at radius 1 is 1.10 bits per heavy atom. The topological polar surface area (TPSA) is 81.1 Å². The van der Waals surface area contributed by atoms with Crippen LogP contribution in [0.2, 0.25) is 5.02 Å². The minimum Gasteiger partial charge on any atom is -0.458 e. The minimum absolute atomic E-state index is 0.119. The summed E-state index contributed by atoms with van der Waals surface area (Å²) in [6, 6.07) is 6.21. The Kier molecular flexibility index (Phi) is 5.23. The lowest BCUT2D eigenvalue weighted by atomic mass is 9.77. The van der Waals surface area contributed by atoms with Crippen LogP contribution in [0.15, 0.2) is 49.1 Å². The van der Waals surface area contributed by atoms with Gasteiger partial charge in [-0.3, -0.25) is 4.79 Å². The first-order chi connectivity index (χ1) is 15.1. The summed E-state index contributed by atoms with van der Waals surface area (Å²) in [4.78, 5) is 31.9. The Morgan fingerprint density at radius 2 is 1.87 bits per heavy atom. The van der Waals surface area contributed by atoms with Gasteiger partial charge in [0, 0.05) is 18.9 Å². The second-order valence-electron chi connectivity index (χ2n) is 7.78. The van der Waals surface area contributed by atoms with Gasteiger partial charge in [0.1, 0.15) is 11.9 Å². The molecule has 3 unspecified atom stereocenters. The largest absolute Gasteiger partial charge is 0.458 e. The Balaban J connectivity index is 1.45. The molecule has 6 rings (SSSR count). The van der Waals surface area contributed by atoms with Crippen molar-refractivity contribution in [1.82, 2.24) is 24.8 Å². The number of carbonyl (C=O) groups excluding carboxylic acids is 1. The molecule has 2 aromatic heterocycles. The molecular formula is C22H19ClFN5O2. The van der Waals surface area contributed by atoms with Gasteiger partial charge in [-0.1, -0.05) is 17.7 Å². The molecule has 4 heterocycles. The van der Waals surface area contributed by atoms with E-state index in [1.807, 2.05) is 0 Å². The zero-order chi connectivity index (χ0) is 21.4. The fourth-order valence-corrected chi connectivity index (χ4v) is 4.60. The molecule has 3 atom stereocenters. The molecule has 0 radical (unpaired) electrons. The summed E-state index contributed by atoms with van der Waals surface area (Å²) in [7, 11) is 0. The number of amides is 1. The first-order valence-electron chi connectivity index (χ1n) is 10.1. The molecular weight excluding hydrogens is 421 g/mol. The standard InChI is InChI=1S/C22H19ClFN5O2/c23-14-10-27-22(28-11-14)31-18-9-13-5-6-17(18)29(12-13)21(30)15-3-1-4-16(24)19(15)20-25-7-2-8-26-20/h1-4,7-8,10-11,13,17-18H,5-6,9,12H2. The van der Waals surface area contributed by atoms with Crippen LogP contribution in [0.3, 0.4) is 0 Å². The summed E-state index contributed by atoms with van der Waals surface area (Å²) in [5.74, 6) is -0.284. The normalized spacial score (nSPS) is 22.4. The maximum atomic E-state index is 14.7. The van der Waals surface area contributed by atoms with Crippen molar-refractivity contribution >= 4 is 17.5 Å². The highest BCUT2D eigenvalue weighted by Gasteiger charge is 2.45. The molecule has 2 saturated heterocycles. The van der Waals surface area contributed by atoms with Crippen LogP contribution in [0.5, 0.6) is 6.01 Å². The number of aromatic nitrogens is 4. The fourth-order valence-electron chi connectivity index (χ4n) is 4.50. The molecule has 2 bridgehead atoms. The first-order valence-corrected chi connectivity index (χ1v) is 10.5. The molecule has 7 nitrogen and oxygen atoms in total. The van der Waals surface area contributed by atoms with E-state index in [4.69, 9.17) is 16.3 Å². The molecule has 1 aliphatic carbocycles. The van der Waals surface area contributed by atoms with Crippen LogP contribution in [0.4, 0.5) is 4.39 Å². The van der Waals surface area contributed by atoms with Gasteiger partial charge < -0.3 is 9.64 Å². The summed E-state index contributed by atoms with van der Waals surface area (Å²) >= 11 is 5.85. The lowest BCUT2D eigenvalue weighted by Gasteiger charge is -2.49. The molecule has 31 heavy (non-hydrogen) atoms. The van der Waals surface area contributed by atoms with E-state index < -0.39 is 5.82 Å². The predicted molar refractivity (Wildman–Crippen MR) is 111 cm³/mol. The van der Waals surface area contributed by atoms with Gasteiger partial charge in [0.2, 0.25) is 0 Å². The van der Waals surface area contributed by atoms with Gasteiger partial charge >= 0.3 is 6.01 Å². The fraction of sp³-hybridized carbons (Fsp3) is 0.318. The van der Waals surface area contributed by atoms with Crippen molar-refractivity contribution in [3.63, 3.8) is 0 Å². The Morgan fingerprint density at radius 3 is 2.61 bits per heavy atom. The highest BCUT2D eigenvalue weighted by atomic mass is 35.5. The second-order valence-corrected chi connectivity index (χ2v) is 8.22. The Labute approximate surface area is 183 Å². The third-order valence-electron chi connectivity index (χ3n) is 5.87. The quantitative estimate of drug-likeness (QED) is 0.615. The van der Waals surface area contributed by atoms with E-state index >= 15 is 0 Å². The second kappa shape index (κ2) is 8.19. The molecule has 9 heteroatoms. The van der Waals surface area contributed by atoms with Crippen LogP contribution in [-0.4, -0.2) is 49.4 Å². The molecule has 1 amide bonds. The zero-order valence-corrected chi connectivity index (χ0v) is 17.2. The smallest absolute Gasteiger partial charge is 0.316 e. The minimum atomic E-state index is -0.526. The van der Waals surface area contributed by atoms with Crippen molar-refractivity contribution in [2.75, 3.05) is 6.54 Å². The molecule has 3 aromatic rings. The first kappa shape index (κ1) is 19.8. The van der Waals surface area contributed by atoms with Crippen molar-refractivity contribution in [1.29, 1.82) is 0 Å². The van der Waals surface area contributed by atoms with E-state index in [0.717, 1.165) is 19.3 Å². The van der Waals surface area contributed by atoms with Gasteiger partial charge in [-0.25, -0.2) is 24.3 Å². The Hall–Kier alpha value is -3.13. The van der Waals surface area contributed by atoms with Crippen molar-refractivity contribution in [2.24, 2.45) is 5.92 Å². The van der Waals surface area contributed by atoms with Gasteiger partial charge in [0.05, 0.1) is 34.6 Å². The number of halogens is 2. The van der Waals surface area contributed by atoms with Gasteiger partial charge in [-0.05, 0) is 43.4 Å². The number of hydrogen-bond acceptors (Lipinski definition) is 6. The number of rotatable bonds is 4. The van der Waals surface area contributed by atoms with Crippen LogP contribution in [-0.2, 0) is 0 Å². The highest BCUT2D eigenvalue weighted by Crippen LogP contribution is 2.38. The third-order valence-corrected chi connectivity index (χ3v) is 6.06. The van der Waals surface area contributed by atoms with Gasteiger partial charge in [-0.2, -0.15) is 0 Å². The predicted octanol–water partition coefficient (Wildman–Crippen LogP) is 3.80. The molecule has 158 valence electrons. The van der Waals surface area contributed by atoms with Gasteiger partial charge in [0.15, 0.2) is 5.82 Å². The molecule has 1 saturated carbocycles. The van der Waals surface area contributed by atoms with E-state index in [1.54, 1.807) is 17.0 Å². The van der Waals surface area contributed by atoms with Crippen molar-refractivity contribution in [3.05, 3.63) is 65.5 Å². The lowest BCUT2D eigenvalue weighted by molar-refractivity contribution is -0.0330. The number of ether oxygens (including phenoxy) is 1.